The van der Waals surface area contributed by atoms with Crippen molar-refractivity contribution in [2.75, 3.05) is 5.32 Å². The first-order chi connectivity index (χ1) is 10.0. The highest BCUT2D eigenvalue weighted by atomic mass is 35.5. The van der Waals surface area contributed by atoms with Crippen molar-refractivity contribution in [3.63, 3.8) is 0 Å². The standard InChI is InChI=1S/C14H11ClFN3O2/c15-10-2-1-3-12(8-10)17-14(21)19-18-13(20)9-4-6-11(16)7-5-9/h1-8H,(H,18,20)(H2,17,19,21). The van der Waals surface area contributed by atoms with Gasteiger partial charge in [0.2, 0.25) is 0 Å². The molecule has 0 aromatic heterocycles. The van der Waals surface area contributed by atoms with Crippen molar-refractivity contribution in [2.24, 2.45) is 0 Å². The molecular formula is C14H11ClFN3O2. The zero-order chi connectivity index (χ0) is 15.2. The predicted molar refractivity (Wildman–Crippen MR) is 77.5 cm³/mol. The van der Waals surface area contributed by atoms with E-state index in [4.69, 9.17) is 11.6 Å². The lowest BCUT2D eigenvalue weighted by molar-refractivity contribution is 0.0938. The highest BCUT2D eigenvalue weighted by molar-refractivity contribution is 6.30. The molecule has 2 aromatic carbocycles. The molecule has 0 radical (unpaired) electrons. The van der Waals surface area contributed by atoms with Gasteiger partial charge >= 0.3 is 6.03 Å². The molecule has 7 heteroatoms. The molecule has 2 aromatic rings. The van der Waals surface area contributed by atoms with Gasteiger partial charge in [0.1, 0.15) is 5.82 Å². The summed E-state index contributed by atoms with van der Waals surface area (Å²) in [7, 11) is 0. The van der Waals surface area contributed by atoms with Crippen molar-refractivity contribution in [3.8, 4) is 0 Å². The first kappa shape index (κ1) is 14.8. The molecule has 0 unspecified atom stereocenters. The Kier molecular flexibility index (Phi) is 4.73. The van der Waals surface area contributed by atoms with Gasteiger partial charge in [-0.3, -0.25) is 10.2 Å². The van der Waals surface area contributed by atoms with Gasteiger partial charge in [-0.05, 0) is 42.5 Å². The van der Waals surface area contributed by atoms with Crippen molar-refractivity contribution in [2.45, 2.75) is 0 Å². The van der Waals surface area contributed by atoms with Crippen LogP contribution in [0.15, 0.2) is 48.5 Å². The van der Waals surface area contributed by atoms with E-state index >= 15 is 0 Å². The number of halogens is 2. The van der Waals surface area contributed by atoms with Crippen LogP contribution in [0.5, 0.6) is 0 Å². The van der Waals surface area contributed by atoms with E-state index in [2.05, 4.69) is 16.2 Å². The van der Waals surface area contributed by atoms with Crippen LogP contribution < -0.4 is 16.2 Å². The number of carbonyl (C=O) groups excluding carboxylic acids is 2. The maximum Gasteiger partial charge on any atom is 0.337 e. The zero-order valence-corrected chi connectivity index (χ0v) is 11.4. The molecule has 3 amide bonds. The highest BCUT2D eigenvalue weighted by Gasteiger charge is 2.07. The van der Waals surface area contributed by atoms with E-state index in [9.17, 15) is 14.0 Å². The smallest absolute Gasteiger partial charge is 0.307 e. The van der Waals surface area contributed by atoms with Crippen molar-refractivity contribution in [1.29, 1.82) is 0 Å². The Balaban J connectivity index is 1.86. The van der Waals surface area contributed by atoms with Gasteiger partial charge in [-0.1, -0.05) is 17.7 Å². The minimum absolute atomic E-state index is 0.222. The normalized spacial score (nSPS) is 9.81. The molecule has 0 heterocycles. The number of benzene rings is 2. The molecule has 3 N–H and O–H groups in total. The summed E-state index contributed by atoms with van der Waals surface area (Å²) in [6, 6.07) is 10.8. The minimum atomic E-state index is -0.632. The van der Waals surface area contributed by atoms with Crippen LogP contribution in [0.25, 0.3) is 0 Å². The van der Waals surface area contributed by atoms with E-state index < -0.39 is 17.8 Å². The Bertz CT molecular complexity index is 662. The van der Waals surface area contributed by atoms with E-state index in [0.717, 1.165) is 12.1 Å². The van der Waals surface area contributed by atoms with Crippen LogP contribution in [0.2, 0.25) is 5.02 Å². The van der Waals surface area contributed by atoms with Crippen LogP contribution in [0.1, 0.15) is 10.4 Å². The van der Waals surface area contributed by atoms with Gasteiger partial charge < -0.3 is 5.32 Å². The summed E-state index contributed by atoms with van der Waals surface area (Å²) in [4.78, 5) is 23.2. The van der Waals surface area contributed by atoms with E-state index in [1.54, 1.807) is 24.3 Å². The number of nitrogens with one attached hydrogen (secondary N) is 3. The summed E-state index contributed by atoms with van der Waals surface area (Å²) in [6.07, 6.45) is 0. The lowest BCUT2D eigenvalue weighted by Crippen LogP contribution is -2.43. The molecule has 2 rings (SSSR count). The Hall–Kier alpha value is -2.60. The largest absolute Gasteiger partial charge is 0.337 e. The van der Waals surface area contributed by atoms with E-state index in [1.807, 2.05) is 0 Å². The fourth-order valence-corrected chi connectivity index (χ4v) is 1.71. The summed E-state index contributed by atoms with van der Waals surface area (Å²) in [5, 5.41) is 2.96. The molecule has 0 fully saturated rings. The van der Waals surface area contributed by atoms with E-state index in [0.29, 0.717) is 10.7 Å². The fourth-order valence-electron chi connectivity index (χ4n) is 1.52. The minimum Gasteiger partial charge on any atom is -0.307 e. The molecular weight excluding hydrogens is 297 g/mol. The SMILES string of the molecule is O=C(NNC(=O)c1ccc(F)cc1)Nc1cccc(Cl)c1. The van der Waals surface area contributed by atoms with Crippen LogP contribution >= 0.6 is 11.6 Å². The van der Waals surface area contributed by atoms with Crippen molar-refractivity contribution in [3.05, 3.63) is 64.9 Å². The maximum atomic E-state index is 12.7. The monoisotopic (exact) mass is 307 g/mol. The summed E-state index contributed by atoms with van der Waals surface area (Å²) in [5.41, 5.74) is 5.08. The number of anilines is 1. The highest BCUT2D eigenvalue weighted by Crippen LogP contribution is 2.14. The van der Waals surface area contributed by atoms with Crippen LogP contribution in [0.4, 0.5) is 14.9 Å². The van der Waals surface area contributed by atoms with E-state index in [-0.39, 0.29) is 5.56 Å². The Labute approximate surface area is 125 Å². The van der Waals surface area contributed by atoms with Crippen molar-refractivity contribution >= 4 is 29.2 Å². The maximum absolute atomic E-state index is 12.7. The van der Waals surface area contributed by atoms with Gasteiger partial charge in [0.05, 0.1) is 0 Å². The van der Waals surface area contributed by atoms with Crippen LogP contribution in [0.3, 0.4) is 0 Å². The summed E-state index contributed by atoms with van der Waals surface area (Å²) < 4.78 is 12.7. The molecule has 0 saturated carbocycles. The number of hydrazine groups is 1. The first-order valence-corrected chi connectivity index (χ1v) is 6.31. The van der Waals surface area contributed by atoms with Crippen LogP contribution in [-0.4, -0.2) is 11.9 Å². The number of rotatable bonds is 2. The van der Waals surface area contributed by atoms with Crippen molar-refractivity contribution in [1.82, 2.24) is 10.9 Å². The third kappa shape index (κ3) is 4.47. The van der Waals surface area contributed by atoms with Gasteiger partial charge in [0.15, 0.2) is 0 Å². The number of amides is 3. The quantitative estimate of drug-likeness (QED) is 0.747. The Morgan fingerprint density at radius 3 is 2.38 bits per heavy atom. The number of urea groups is 1. The van der Waals surface area contributed by atoms with Gasteiger partial charge in [-0.2, -0.15) is 0 Å². The fraction of sp³-hybridized carbons (Fsp3) is 0. The van der Waals surface area contributed by atoms with Gasteiger partial charge in [0.25, 0.3) is 5.91 Å². The second-order valence-corrected chi connectivity index (χ2v) is 4.49. The molecule has 0 spiro atoms. The number of carbonyl (C=O) groups is 2. The Morgan fingerprint density at radius 2 is 1.71 bits per heavy atom. The first-order valence-electron chi connectivity index (χ1n) is 5.93. The van der Waals surface area contributed by atoms with Crippen molar-refractivity contribution < 1.29 is 14.0 Å². The molecule has 0 saturated heterocycles. The molecule has 0 aliphatic heterocycles. The molecule has 5 nitrogen and oxygen atoms in total. The van der Waals surface area contributed by atoms with Crippen LogP contribution in [-0.2, 0) is 0 Å². The third-order valence-electron chi connectivity index (χ3n) is 2.48. The molecule has 0 bridgehead atoms. The molecule has 108 valence electrons. The zero-order valence-electron chi connectivity index (χ0n) is 10.7. The summed E-state index contributed by atoms with van der Waals surface area (Å²) in [5.74, 6) is -1.01. The van der Waals surface area contributed by atoms with Gasteiger partial charge in [0, 0.05) is 16.3 Å². The molecule has 0 aliphatic carbocycles. The predicted octanol–water partition coefficient (Wildman–Crippen LogP) is 2.95. The van der Waals surface area contributed by atoms with E-state index in [1.165, 1.54) is 12.1 Å². The van der Waals surface area contributed by atoms with Gasteiger partial charge in [-0.15, -0.1) is 0 Å². The second-order valence-electron chi connectivity index (χ2n) is 4.05. The third-order valence-corrected chi connectivity index (χ3v) is 2.71. The molecule has 0 aliphatic rings. The molecule has 21 heavy (non-hydrogen) atoms. The van der Waals surface area contributed by atoms with Crippen LogP contribution in [0, 0.1) is 5.82 Å². The average Bonchev–Trinajstić information content (AvgIpc) is 2.45. The molecule has 0 atom stereocenters. The Morgan fingerprint density at radius 1 is 1.00 bits per heavy atom. The lowest BCUT2D eigenvalue weighted by atomic mass is 10.2. The number of hydrogen-bond donors (Lipinski definition) is 3. The topological polar surface area (TPSA) is 70.2 Å². The lowest BCUT2D eigenvalue weighted by Gasteiger charge is -2.09. The second kappa shape index (κ2) is 6.71. The van der Waals surface area contributed by atoms with Gasteiger partial charge in [-0.25, -0.2) is 14.6 Å². The average molecular weight is 308 g/mol. The summed E-state index contributed by atoms with van der Waals surface area (Å²) in [6.45, 7) is 0. The number of hydrogen-bond acceptors (Lipinski definition) is 2. The summed E-state index contributed by atoms with van der Waals surface area (Å²) >= 11 is 5.78.